The predicted octanol–water partition coefficient (Wildman–Crippen LogP) is 0.164. The largest absolute Gasteiger partial charge is 0.504 e. The number of esters is 12. The number of allylic oxidation sites excluding steroid dienone is 2. The van der Waals surface area contributed by atoms with Crippen molar-refractivity contribution in [2.45, 2.75) is 189 Å². The minimum absolute atomic E-state index is 0.538. The zero-order valence-electron chi connectivity index (χ0n) is 49.4. The van der Waals surface area contributed by atoms with Gasteiger partial charge in [-0.15, -0.1) is 0 Å². The highest BCUT2D eigenvalue weighted by Crippen LogP contribution is 2.54. The average molecular weight is 1260 g/mol. The fourth-order valence-electron chi connectivity index (χ4n) is 9.49. The molecule has 0 aromatic heterocycles. The quantitative estimate of drug-likeness (QED) is 0.0887. The van der Waals surface area contributed by atoms with Crippen molar-refractivity contribution in [1.82, 2.24) is 0 Å². The molecule has 1 aliphatic carbocycles. The lowest BCUT2D eigenvalue weighted by molar-refractivity contribution is -0.299. The number of phenolic OH excluding ortho intramolecular Hbond substituents is 2. The van der Waals surface area contributed by atoms with Crippen molar-refractivity contribution in [2.24, 2.45) is 0 Å². The molecule has 15 unspecified atom stereocenters. The summed E-state index contributed by atoms with van der Waals surface area (Å²) in [6.45, 7) is 9.63. The van der Waals surface area contributed by atoms with E-state index in [1.807, 2.05) is 0 Å². The molecule has 88 heavy (non-hydrogen) atoms. The van der Waals surface area contributed by atoms with Crippen LogP contribution in [0.4, 0.5) is 0 Å². The number of hydrogen-bond donors (Lipinski definition) is 2. The summed E-state index contributed by atoms with van der Waals surface area (Å²) in [5, 5.41) is 25.4. The Morgan fingerprint density at radius 2 is 0.580 bits per heavy atom. The van der Waals surface area contributed by atoms with Gasteiger partial charge in [0.05, 0.1) is 11.1 Å². The maximum atomic E-state index is 15.4. The highest BCUT2D eigenvalue weighted by Gasteiger charge is 2.58. The Morgan fingerprint density at radius 3 is 0.830 bits per heavy atom. The Balaban J connectivity index is 1.87. The minimum atomic E-state index is -2.42. The number of aromatic hydroxyl groups is 2. The molecule has 1 aromatic carbocycles. The zero-order chi connectivity index (χ0) is 65.9. The standard InChI is InChI=1S/C54H64O34/c1-14-30-36(67)34-35(37(68)40(30)86-52-49(80-27(11)64)46(77-24(8)61)41(74-21(5)58)31(83-52)15-71-18(2)55)39(70)45(88-54-51(82-29(13)66)48(79-26(10)63)43(76-23(7)60)33(85-54)17-73-20(4)57)44(38(34)69)87-53-50(81-28(12)65)47(78-25(9)62)42(75-22(6)59)32(84-53)16-72-19(3)56/h31-33,41-43,46-54,69-70H,14-17H2,1-13H3. The Bertz CT molecular complexity index is 2980. The number of Topliss-reactive ketones (excluding diaryl/α,β-unsaturated/α-hetero) is 2. The highest BCUT2D eigenvalue weighted by molar-refractivity contribution is 6.29. The number of phenols is 2. The van der Waals surface area contributed by atoms with Crippen LogP contribution in [-0.4, -0.2) is 205 Å². The lowest BCUT2D eigenvalue weighted by atomic mass is 9.85. The highest BCUT2D eigenvalue weighted by atomic mass is 16.8. The molecule has 2 N–H and O–H groups in total. The maximum Gasteiger partial charge on any atom is 0.303 e. The second-order valence-electron chi connectivity index (χ2n) is 19.5. The molecular weight excluding hydrogens is 1190 g/mol. The molecule has 34 nitrogen and oxygen atoms in total. The Labute approximate surface area is 498 Å². The van der Waals surface area contributed by atoms with E-state index >= 15 is 9.59 Å². The van der Waals surface area contributed by atoms with E-state index in [9.17, 15) is 67.7 Å². The van der Waals surface area contributed by atoms with E-state index in [1.54, 1.807) is 0 Å². The van der Waals surface area contributed by atoms with Crippen LogP contribution < -0.4 is 9.47 Å². The van der Waals surface area contributed by atoms with Gasteiger partial charge in [-0.1, -0.05) is 6.92 Å². The molecule has 3 aliphatic heterocycles. The fourth-order valence-corrected chi connectivity index (χ4v) is 9.49. The van der Waals surface area contributed by atoms with Gasteiger partial charge in [0.2, 0.25) is 54.5 Å². The Morgan fingerprint density at radius 1 is 0.341 bits per heavy atom. The van der Waals surface area contributed by atoms with Crippen molar-refractivity contribution in [3.8, 4) is 23.0 Å². The molecule has 3 heterocycles. The Kier molecular flexibility index (Phi) is 23.7. The predicted molar refractivity (Wildman–Crippen MR) is 274 cm³/mol. The van der Waals surface area contributed by atoms with Gasteiger partial charge in [-0.3, -0.25) is 67.1 Å². The number of ketones is 2. The fraction of sp³-hybridized carbons (Fsp3) is 0.593. The van der Waals surface area contributed by atoms with Crippen LogP contribution in [0.3, 0.4) is 0 Å². The molecule has 4 aliphatic rings. The van der Waals surface area contributed by atoms with Crippen LogP contribution >= 0.6 is 0 Å². The van der Waals surface area contributed by atoms with E-state index in [0.29, 0.717) is 0 Å². The topological polar surface area (TPSA) is 446 Å². The average Bonchev–Trinajstić information content (AvgIpc) is 1.11. The number of carbonyl (C=O) groups is 14. The zero-order valence-corrected chi connectivity index (χ0v) is 49.4. The van der Waals surface area contributed by atoms with Crippen LogP contribution in [0.15, 0.2) is 11.3 Å². The molecule has 5 rings (SSSR count). The van der Waals surface area contributed by atoms with Crippen LogP contribution in [0.1, 0.15) is 117 Å². The second kappa shape index (κ2) is 30.0. The van der Waals surface area contributed by atoms with E-state index in [2.05, 4.69) is 0 Å². The number of ether oxygens (including phenoxy) is 18. The molecule has 1 aromatic rings. The first-order valence-electron chi connectivity index (χ1n) is 26.5. The van der Waals surface area contributed by atoms with Gasteiger partial charge in [-0.05, 0) is 6.42 Å². The summed E-state index contributed by atoms with van der Waals surface area (Å²) in [5.74, 6) is -22.7. The summed E-state index contributed by atoms with van der Waals surface area (Å²) in [6.07, 6.45) is -30.7. The molecule has 0 radical (unpaired) electrons. The lowest BCUT2D eigenvalue weighted by Gasteiger charge is -2.45. The van der Waals surface area contributed by atoms with Crippen molar-refractivity contribution in [3.63, 3.8) is 0 Å². The molecule has 0 bridgehead atoms. The third-order valence-electron chi connectivity index (χ3n) is 12.5. The first kappa shape index (κ1) is 69.6. The van der Waals surface area contributed by atoms with Gasteiger partial charge in [-0.2, -0.15) is 0 Å². The smallest absolute Gasteiger partial charge is 0.303 e. The van der Waals surface area contributed by atoms with Gasteiger partial charge in [0.15, 0.2) is 59.7 Å². The van der Waals surface area contributed by atoms with Gasteiger partial charge in [0.1, 0.15) is 38.1 Å². The van der Waals surface area contributed by atoms with Crippen molar-refractivity contribution in [2.75, 3.05) is 19.8 Å². The molecule has 34 heteroatoms. The maximum absolute atomic E-state index is 15.4. The first-order chi connectivity index (χ1) is 41.1. The third kappa shape index (κ3) is 17.3. The van der Waals surface area contributed by atoms with Crippen molar-refractivity contribution >= 4 is 83.2 Å². The van der Waals surface area contributed by atoms with Crippen LogP contribution in [0.2, 0.25) is 0 Å². The molecule has 0 amide bonds. The SMILES string of the molecule is CCC1=C(OC2OC(COC(C)=O)C(OC(C)=O)C(OC(C)=O)C2OC(C)=O)C(=O)c2c(O)c(OC3OC(COC(C)=O)C(OC(C)=O)C(OC(C)=O)C3OC(C)=O)c(OC3OC(COC(C)=O)C(OC(C)=O)C(OC(C)=O)C3OC(C)=O)c(O)c2C1=O. The summed E-state index contributed by atoms with van der Waals surface area (Å²) < 4.78 is 101. The summed E-state index contributed by atoms with van der Waals surface area (Å²) in [7, 11) is 0. The molecular formula is C54H64O34. The van der Waals surface area contributed by atoms with E-state index in [4.69, 9.17) is 85.3 Å². The van der Waals surface area contributed by atoms with Crippen LogP contribution in [0, 0.1) is 0 Å². The van der Waals surface area contributed by atoms with Crippen LogP contribution in [0.5, 0.6) is 23.0 Å². The van der Waals surface area contributed by atoms with Crippen LogP contribution in [-0.2, 0) is 133 Å². The van der Waals surface area contributed by atoms with Crippen molar-refractivity contribution in [1.29, 1.82) is 0 Å². The summed E-state index contributed by atoms with van der Waals surface area (Å²) >= 11 is 0. The Hall–Kier alpha value is -9.18. The van der Waals surface area contributed by atoms with Gasteiger partial charge in [-0.25, -0.2) is 0 Å². The summed E-state index contributed by atoms with van der Waals surface area (Å²) in [4.78, 5) is 182. The molecule has 15 atom stereocenters. The van der Waals surface area contributed by atoms with E-state index in [-0.39, 0.29) is 0 Å². The van der Waals surface area contributed by atoms with Gasteiger partial charge in [0, 0.05) is 88.7 Å². The summed E-state index contributed by atoms with van der Waals surface area (Å²) in [6, 6.07) is 0. The monoisotopic (exact) mass is 1260 g/mol. The number of hydrogen-bond acceptors (Lipinski definition) is 34. The first-order valence-corrected chi connectivity index (χ1v) is 26.5. The van der Waals surface area contributed by atoms with Gasteiger partial charge >= 0.3 is 71.6 Å². The number of benzene rings is 1. The lowest BCUT2D eigenvalue weighted by Crippen LogP contribution is -2.64. The van der Waals surface area contributed by atoms with E-state index in [0.717, 1.165) is 83.1 Å². The number of carbonyl (C=O) groups excluding carboxylic acids is 14. The number of rotatable bonds is 22. The van der Waals surface area contributed by atoms with E-state index in [1.165, 1.54) is 6.92 Å². The number of fused-ring (bicyclic) bond motifs is 1. The molecule has 484 valence electrons. The van der Waals surface area contributed by atoms with Crippen molar-refractivity contribution < 1.29 is 163 Å². The second-order valence-corrected chi connectivity index (χ2v) is 19.5. The molecule has 3 fully saturated rings. The third-order valence-corrected chi connectivity index (χ3v) is 12.5. The normalized spacial score (nSPS) is 27.3. The van der Waals surface area contributed by atoms with E-state index < -0.39 is 247 Å². The molecule has 0 spiro atoms. The molecule has 0 saturated carbocycles. The summed E-state index contributed by atoms with van der Waals surface area (Å²) in [5.41, 5.74) is -3.12. The van der Waals surface area contributed by atoms with Crippen molar-refractivity contribution in [3.05, 3.63) is 22.5 Å². The molecule has 3 saturated heterocycles. The van der Waals surface area contributed by atoms with Gasteiger partial charge < -0.3 is 95.5 Å². The van der Waals surface area contributed by atoms with Crippen LogP contribution in [0.25, 0.3) is 0 Å². The minimum Gasteiger partial charge on any atom is -0.504 e. The van der Waals surface area contributed by atoms with Gasteiger partial charge in [0.25, 0.3) is 0 Å².